The fraction of sp³-hybridized carbons (Fsp3) is 0.375. The van der Waals surface area contributed by atoms with Gasteiger partial charge in [-0.15, -0.1) is 0 Å². The number of amides is 1. The predicted molar refractivity (Wildman–Crippen MR) is 81.9 cm³/mol. The van der Waals surface area contributed by atoms with E-state index in [4.69, 9.17) is 0 Å². The molecule has 1 aliphatic rings. The molecule has 1 aromatic heterocycles. The van der Waals surface area contributed by atoms with E-state index in [0.717, 1.165) is 31.5 Å². The number of benzene rings is 1. The lowest BCUT2D eigenvalue weighted by atomic mass is 10.1. The van der Waals surface area contributed by atoms with Crippen molar-refractivity contribution < 1.29 is 18.0 Å². The van der Waals surface area contributed by atoms with E-state index in [1.165, 1.54) is 29.1 Å². The molecular weight excluding hydrogens is 321 g/mol. The number of alkyl halides is 3. The molecule has 1 amide bonds. The first-order chi connectivity index (χ1) is 11.4. The van der Waals surface area contributed by atoms with Crippen LogP contribution in [0.3, 0.4) is 0 Å². The number of piperidine rings is 1. The van der Waals surface area contributed by atoms with Crippen LogP contribution in [0.4, 0.5) is 13.2 Å². The molecule has 5 nitrogen and oxygen atoms in total. The Hall–Kier alpha value is -2.35. The minimum atomic E-state index is -4.42. The van der Waals surface area contributed by atoms with Gasteiger partial charge in [0.15, 0.2) is 5.69 Å². The second-order valence-corrected chi connectivity index (χ2v) is 5.71. The summed E-state index contributed by atoms with van der Waals surface area (Å²) < 4.78 is 39.6. The second-order valence-electron chi connectivity index (χ2n) is 5.71. The molecule has 8 heteroatoms. The lowest BCUT2D eigenvalue weighted by Gasteiger charge is -2.23. The Balaban J connectivity index is 1.74. The minimum Gasteiger partial charge on any atom is -0.347 e. The van der Waals surface area contributed by atoms with Gasteiger partial charge in [-0.3, -0.25) is 4.79 Å². The van der Waals surface area contributed by atoms with Crippen molar-refractivity contribution in [3.63, 3.8) is 0 Å². The largest absolute Gasteiger partial charge is 0.416 e. The van der Waals surface area contributed by atoms with Gasteiger partial charge in [0.05, 0.1) is 11.3 Å². The van der Waals surface area contributed by atoms with E-state index in [0.29, 0.717) is 6.54 Å². The summed E-state index contributed by atoms with van der Waals surface area (Å²) in [6.07, 6.45) is -1.06. The highest BCUT2D eigenvalue weighted by atomic mass is 19.4. The number of carbonyl (C=O) groups is 1. The van der Waals surface area contributed by atoms with Crippen LogP contribution in [0.1, 0.15) is 28.9 Å². The van der Waals surface area contributed by atoms with Crippen LogP contribution in [0.5, 0.6) is 0 Å². The summed E-state index contributed by atoms with van der Waals surface area (Å²) in [6.45, 7) is 1.65. The Bertz CT molecular complexity index is 720. The molecule has 2 N–H and O–H groups in total. The van der Waals surface area contributed by atoms with Crippen molar-refractivity contribution in [3.05, 3.63) is 47.8 Å². The van der Waals surface area contributed by atoms with E-state index in [2.05, 4.69) is 15.7 Å². The van der Waals surface area contributed by atoms with Crippen LogP contribution in [-0.2, 0) is 6.18 Å². The summed E-state index contributed by atoms with van der Waals surface area (Å²) in [5, 5.41) is 10.2. The van der Waals surface area contributed by atoms with Crippen LogP contribution in [0.2, 0.25) is 0 Å². The van der Waals surface area contributed by atoms with Crippen LogP contribution >= 0.6 is 0 Å². The van der Waals surface area contributed by atoms with Crippen molar-refractivity contribution in [2.24, 2.45) is 0 Å². The van der Waals surface area contributed by atoms with Crippen LogP contribution in [0.25, 0.3) is 5.69 Å². The second kappa shape index (κ2) is 6.64. The zero-order valence-corrected chi connectivity index (χ0v) is 12.8. The van der Waals surface area contributed by atoms with Crippen molar-refractivity contribution in [2.45, 2.75) is 25.1 Å². The van der Waals surface area contributed by atoms with Crippen LogP contribution < -0.4 is 10.6 Å². The normalized spacial score (nSPS) is 18.4. The molecule has 2 heterocycles. The van der Waals surface area contributed by atoms with Gasteiger partial charge in [-0.05, 0) is 43.7 Å². The fourth-order valence-electron chi connectivity index (χ4n) is 2.65. The third kappa shape index (κ3) is 3.76. The predicted octanol–water partition coefficient (Wildman–Crippen LogP) is 2.37. The van der Waals surface area contributed by atoms with Gasteiger partial charge in [0, 0.05) is 18.8 Å². The quantitative estimate of drug-likeness (QED) is 0.903. The van der Waals surface area contributed by atoms with Crippen molar-refractivity contribution in [1.82, 2.24) is 20.4 Å². The Kier molecular flexibility index (Phi) is 4.57. The first kappa shape index (κ1) is 16.5. The third-order valence-corrected chi connectivity index (χ3v) is 3.89. The molecule has 0 unspecified atom stereocenters. The number of halogens is 3. The number of carbonyl (C=O) groups excluding carboxylic acids is 1. The number of rotatable bonds is 3. The highest BCUT2D eigenvalue weighted by Crippen LogP contribution is 2.30. The number of hydrogen-bond donors (Lipinski definition) is 2. The van der Waals surface area contributed by atoms with E-state index in [-0.39, 0.29) is 23.3 Å². The Labute approximate surface area is 136 Å². The standard InChI is InChI=1S/C16H17F3N4O/c17-16(18,19)11-3-1-5-13(9-11)23-8-6-14(22-23)15(24)21-12-4-2-7-20-10-12/h1,3,5-6,8-9,12,20H,2,4,7,10H2,(H,21,24)/t12-/m0/s1. The van der Waals surface area contributed by atoms with Crippen LogP contribution in [-0.4, -0.2) is 34.8 Å². The third-order valence-electron chi connectivity index (χ3n) is 3.89. The zero-order valence-electron chi connectivity index (χ0n) is 12.8. The van der Waals surface area contributed by atoms with E-state index >= 15 is 0 Å². The van der Waals surface area contributed by atoms with Gasteiger partial charge >= 0.3 is 6.18 Å². The van der Waals surface area contributed by atoms with E-state index in [9.17, 15) is 18.0 Å². The van der Waals surface area contributed by atoms with Crippen molar-refractivity contribution in [1.29, 1.82) is 0 Å². The number of nitrogens with zero attached hydrogens (tertiary/aromatic N) is 2. The lowest BCUT2D eigenvalue weighted by Crippen LogP contribution is -2.45. The average Bonchev–Trinajstić information content (AvgIpc) is 3.05. The summed E-state index contributed by atoms with van der Waals surface area (Å²) >= 11 is 0. The zero-order chi connectivity index (χ0) is 17.2. The first-order valence-electron chi connectivity index (χ1n) is 7.68. The smallest absolute Gasteiger partial charge is 0.347 e. The highest BCUT2D eigenvalue weighted by Gasteiger charge is 2.30. The fourth-order valence-corrected chi connectivity index (χ4v) is 2.65. The van der Waals surface area contributed by atoms with E-state index in [1.54, 1.807) is 0 Å². The maximum absolute atomic E-state index is 12.8. The topological polar surface area (TPSA) is 59.0 Å². The Morgan fingerprint density at radius 3 is 2.88 bits per heavy atom. The van der Waals surface area contributed by atoms with Crippen molar-refractivity contribution >= 4 is 5.91 Å². The minimum absolute atomic E-state index is 0.0463. The lowest BCUT2D eigenvalue weighted by molar-refractivity contribution is -0.137. The van der Waals surface area contributed by atoms with Crippen LogP contribution in [0, 0.1) is 0 Å². The van der Waals surface area contributed by atoms with Gasteiger partial charge in [-0.1, -0.05) is 6.07 Å². The molecule has 1 atom stereocenters. The number of hydrogen-bond acceptors (Lipinski definition) is 3. The van der Waals surface area contributed by atoms with Gasteiger partial charge in [-0.2, -0.15) is 18.3 Å². The summed E-state index contributed by atoms with van der Waals surface area (Å²) in [7, 11) is 0. The van der Waals surface area contributed by atoms with Crippen molar-refractivity contribution in [3.8, 4) is 5.69 Å². The molecule has 1 aliphatic heterocycles. The van der Waals surface area contributed by atoms with Crippen molar-refractivity contribution in [2.75, 3.05) is 13.1 Å². The maximum atomic E-state index is 12.8. The Morgan fingerprint density at radius 1 is 1.33 bits per heavy atom. The first-order valence-corrected chi connectivity index (χ1v) is 7.68. The summed E-state index contributed by atoms with van der Waals surface area (Å²) in [6, 6.07) is 6.36. The molecule has 1 aromatic carbocycles. The molecule has 1 fully saturated rings. The summed E-state index contributed by atoms with van der Waals surface area (Å²) in [5.74, 6) is -0.325. The number of nitrogens with one attached hydrogen (secondary N) is 2. The summed E-state index contributed by atoms with van der Waals surface area (Å²) in [5.41, 5.74) is -0.323. The Morgan fingerprint density at radius 2 is 2.17 bits per heavy atom. The van der Waals surface area contributed by atoms with Gasteiger partial charge in [-0.25, -0.2) is 4.68 Å². The molecule has 0 radical (unpaired) electrons. The van der Waals surface area contributed by atoms with Gasteiger partial charge in [0.25, 0.3) is 5.91 Å². The molecule has 0 saturated carbocycles. The number of aromatic nitrogens is 2. The molecule has 128 valence electrons. The molecule has 3 rings (SSSR count). The molecule has 24 heavy (non-hydrogen) atoms. The highest BCUT2D eigenvalue weighted by molar-refractivity contribution is 5.92. The maximum Gasteiger partial charge on any atom is 0.416 e. The SMILES string of the molecule is O=C(N[C@H]1CCCNC1)c1ccn(-c2cccc(C(F)(F)F)c2)n1. The molecule has 0 bridgehead atoms. The monoisotopic (exact) mass is 338 g/mol. The van der Waals surface area contributed by atoms with Gasteiger partial charge in [0.1, 0.15) is 0 Å². The van der Waals surface area contributed by atoms with E-state index < -0.39 is 11.7 Å². The van der Waals surface area contributed by atoms with Crippen LogP contribution in [0.15, 0.2) is 36.5 Å². The average molecular weight is 338 g/mol. The molecule has 0 spiro atoms. The summed E-state index contributed by atoms with van der Waals surface area (Å²) in [4.78, 5) is 12.2. The van der Waals surface area contributed by atoms with Gasteiger partial charge in [0.2, 0.25) is 0 Å². The molecule has 0 aliphatic carbocycles. The van der Waals surface area contributed by atoms with E-state index in [1.807, 2.05) is 0 Å². The van der Waals surface area contributed by atoms with Gasteiger partial charge < -0.3 is 10.6 Å². The molecule has 2 aromatic rings. The molecular formula is C16H17F3N4O. The molecule has 1 saturated heterocycles.